The first kappa shape index (κ1) is 34.6. The lowest BCUT2D eigenvalue weighted by molar-refractivity contribution is -0.143. The number of unbranched alkanes of at least 4 members (excludes halogenated alkanes) is 15. The maximum absolute atomic E-state index is 13.1. The van der Waals surface area contributed by atoms with Gasteiger partial charge < -0.3 is 4.74 Å². The van der Waals surface area contributed by atoms with Crippen LogP contribution in [-0.4, -0.2) is 18.4 Å². The van der Waals surface area contributed by atoms with Gasteiger partial charge >= 0.3 is 5.97 Å². The average molecular weight is 531 g/mol. The predicted molar refractivity (Wildman–Crippen MR) is 163 cm³/mol. The first-order chi connectivity index (χ1) is 18.0. The van der Waals surface area contributed by atoms with Gasteiger partial charge in [-0.3, -0.25) is 9.59 Å². The van der Waals surface area contributed by atoms with Crippen molar-refractivity contribution in [3.63, 3.8) is 0 Å². The number of carbonyl (C=O) groups is 2. The Labute approximate surface area is 236 Å². The Kier molecular flexibility index (Phi) is 17.2. The van der Waals surface area contributed by atoms with Gasteiger partial charge in [0.2, 0.25) is 0 Å². The van der Waals surface area contributed by atoms with Crippen molar-refractivity contribution in [3.05, 3.63) is 23.3 Å². The predicted octanol–water partition coefficient (Wildman–Crippen LogP) is 10.7. The van der Waals surface area contributed by atoms with Crippen LogP contribution in [0.2, 0.25) is 0 Å². The van der Waals surface area contributed by atoms with E-state index in [-0.39, 0.29) is 28.5 Å². The molecule has 0 saturated carbocycles. The van der Waals surface area contributed by atoms with Crippen LogP contribution in [-0.2, 0) is 14.3 Å². The van der Waals surface area contributed by atoms with Gasteiger partial charge in [0.15, 0.2) is 5.78 Å². The lowest BCUT2D eigenvalue weighted by Crippen LogP contribution is -2.34. The molecule has 1 aliphatic carbocycles. The molecule has 1 rings (SSSR count). The molecule has 0 radical (unpaired) electrons. The zero-order valence-electron chi connectivity index (χ0n) is 26.4. The highest BCUT2D eigenvalue weighted by Gasteiger charge is 2.37. The molecule has 0 N–H and O–H groups in total. The second-order valence-electron chi connectivity index (χ2n) is 13.8. The van der Waals surface area contributed by atoms with E-state index in [2.05, 4.69) is 54.5 Å². The van der Waals surface area contributed by atoms with E-state index in [4.69, 9.17) is 4.74 Å². The number of rotatable bonds is 20. The van der Waals surface area contributed by atoms with E-state index in [0.717, 1.165) is 24.0 Å². The zero-order valence-corrected chi connectivity index (χ0v) is 26.4. The molecule has 1 unspecified atom stereocenters. The molecule has 0 aliphatic heterocycles. The molecule has 0 heterocycles. The number of ketones is 1. The quantitative estimate of drug-likeness (QED) is 0.116. The van der Waals surface area contributed by atoms with Gasteiger partial charge in [0.25, 0.3) is 0 Å². The van der Waals surface area contributed by atoms with Gasteiger partial charge in [0, 0.05) is 17.9 Å². The molecule has 0 aromatic carbocycles. The van der Waals surface area contributed by atoms with E-state index >= 15 is 0 Å². The first-order valence-electron chi connectivity index (χ1n) is 16.1. The first-order valence-corrected chi connectivity index (χ1v) is 16.1. The highest BCUT2D eigenvalue weighted by atomic mass is 16.5. The second kappa shape index (κ2) is 18.8. The summed E-state index contributed by atoms with van der Waals surface area (Å²) in [6.45, 7) is 15.4. The van der Waals surface area contributed by atoms with Crippen molar-refractivity contribution in [2.45, 2.75) is 164 Å². The minimum Gasteiger partial charge on any atom is -0.466 e. The van der Waals surface area contributed by atoms with Crippen LogP contribution in [0, 0.1) is 16.7 Å². The second-order valence-corrected chi connectivity index (χ2v) is 13.8. The highest BCUT2D eigenvalue weighted by molar-refractivity contribution is 6.01. The van der Waals surface area contributed by atoms with Gasteiger partial charge in [-0.25, -0.2) is 0 Å². The molecule has 0 aromatic rings. The van der Waals surface area contributed by atoms with Crippen molar-refractivity contribution < 1.29 is 14.3 Å². The Morgan fingerprint density at radius 3 is 1.61 bits per heavy atom. The van der Waals surface area contributed by atoms with Crippen molar-refractivity contribution in [3.8, 4) is 0 Å². The van der Waals surface area contributed by atoms with Gasteiger partial charge in [-0.2, -0.15) is 0 Å². The minimum atomic E-state index is -0.201. The molecule has 3 nitrogen and oxygen atoms in total. The van der Waals surface area contributed by atoms with Crippen molar-refractivity contribution in [2.75, 3.05) is 6.61 Å². The fourth-order valence-corrected chi connectivity index (χ4v) is 5.30. The molecule has 0 spiro atoms. The largest absolute Gasteiger partial charge is 0.466 e. The van der Waals surface area contributed by atoms with Crippen LogP contribution < -0.4 is 0 Å². The number of esters is 1. The van der Waals surface area contributed by atoms with Crippen LogP contribution in [0.3, 0.4) is 0 Å². The molecular formula is C35H62O3. The third-order valence-corrected chi connectivity index (χ3v) is 7.88. The average Bonchev–Trinajstić information content (AvgIpc) is 2.83. The molecular weight excluding hydrogens is 468 g/mol. The van der Waals surface area contributed by atoms with Gasteiger partial charge in [0.1, 0.15) is 0 Å². The number of ether oxygens (including phenoxy) is 1. The number of hydrogen-bond acceptors (Lipinski definition) is 3. The molecule has 0 aromatic heterocycles. The topological polar surface area (TPSA) is 43.4 Å². The summed E-state index contributed by atoms with van der Waals surface area (Å²) in [4.78, 5) is 25.4. The Morgan fingerprint density at radius 2 is 1.18 bits per heavy atom. The van der Waals surface area contributed by atoms with Crippen molar-refractivity contribution in [1.82, 2.24) is 0 Å². The Balaban J connectivity index is 2.10. The fraction of sp³-hybridized carbons (Fsp3) is 0.829. The molecule has 0 bridgehead atoms. The van der Waals surface area contributed by atoms with Crippen LogP contribution in [0.4, 0.5) is 0 Å². The Morgan fingerprint density at radius 1 is 0.737 bits per heavy atom. The molecule has 3 heteroatoms. The van der Waals surface area contributed by atoms with E-state index < -0.39 is 0 Å². The number of Topliss-reactive ketones (excluding diaryl/α,β-unsaturated/α-hetero) is 1. The van der Waals surface area contributed by atoms with E-state index in [1.54, 1.807) is 0 Å². The maximum Gasteiger partial charge on any atom is 0.306 e. The fourth-order valence-electron chi connectivity index (χ4n) is 5.30. The van der Waals surface area contributed by atoms with Crippen molar-refractivity contribution in [1.29, 1.82) is 0 Å². The lowest BCUT2D eigenvalue weighted by Gasteiger charge is -2.35. The monoisotopic (exact) mass is 530 g/mol. The van der Waals surface area contributed by atoms with Gasteiger partial charge in [-0.05, 0) is 23.7 Å². The van der Waals surface area contributed by atoms with Crippen LogP contribution in [0.5, 0.6) is 0 Å². The summed E-state index contributed by atoms with van der Waals surface area (Å²) in [5.74, 6) is -0.0422. The summed E-state index contributed by atoms with van der Waals surface area (Å²) >= 11 is 0. The summed E-state index contributed by atoms with van der Waals surface area (Å²) in [5, 5.41) is 0. The normalized spacial score (nSPS) is 16.4. The minimum absolute atomic E-state index is 0.123. The third-order valence-electron chi connectivity index (χ3n) is 7.88. The smallest absolute Gasteiger partial charge is 0.306 e. The Hall–Kier alpha value is -1.38. The van der Waals surface area contributed by atoms with Crippen LogP contribution in [0.1, 0.15) is 164 Å². The van der Waals surface area contributed by atoms with Crippen LogP contribution in [0.15, 0.2) is 23.3 Å². The maximum atomic E-state index is 13.1. The SMILES string of the molecule is CCCCCCCCCCCCCCCCCCOC(=O)CCC1=CC(C(C)(C)C)C(=O)C(C(C)(C)C)=C1. The lowest BCUT2D eigenvalue weighted by atomic mass is 9.68. The molecule has 38 heavy (non-hydrogen) atoms. The third kappa shape index (κ3) is 15.3. The number of hydrogen-bond donors (Lipinski definition) is 0. The molecule has 1 atom stereocenters. The van der Waals surface area contributed by atoms with Gasteiger partial charge in [-0.15, -0.1) is 0 Å². The van der Waals surface area contributed by atoms with E-state index in [1.807, 2.05) is 6.08 Å². The van der Waals surface area contributed by atoms with E-state index in [9.17, 15) is 9.59 Å². The summed E-state index contributed by atoms with van der Waals surface area (Å²) in [6, 6.07) is 0. The van der Waals surface area contributed by atoms with Gasteiger partial charge in [0.05, 0.1) is 6.61 Å². The summed E-state index contributed by atoms with van der Waals surface area (Å²) in [5.41, 5.74) is 1.62. The Bertz CT molecular complexity index is 729. The summed E-state index contributed by atoms with van der Waals surface area (Å²) < 4.78 is 5.51. The molecule has 1 aliphatic rings. The van der Waals surface area contributed by atoms with Crippen molar-refractivity contribution >= 4 is 11.8 Å². The van der Waals surface area contributed by atoms with E-state index in [0.29, 0.717) is 19.4 Å². The molecule has 0 amide bonds. The molecule has 0 fully saturated rings. The molecule has 220 valence electrons. The summed E-state index contributed by atoms with van der Waals surface area (Å²) in [6.07, 6.45) is 26.6. The standard InChI is InChI=1S/C35H62O3/c1-8-9-10-11-12-13-14-15-16-17-18-19-20-21-22-23-26-38-32(36)25-24-29-27-30(34(2,3)4)33(37)31(28-29)35(5,6)7/h27-28,30H,8-26H2,1-7H3. The van der Waals surface area contributed by atoms with E-state index in [1.165, 1.54) is 89.9 Å². The number of allylic oxidation sites excluding steroid dienone is 4. The van der Waals surface area contributed by atoms with Crippen molar-refractivity contribution in [2.24, 2.45) is 16.7 Å². The highest BCUT2D eigenvalue weighted by Crippen LogP contribution is 2.40. The zero-order chi connectivity index (χ0) is 28.4. The van der Waals surface area contributed by atoms with Crippen LogP contribution in [0.25, 0.3) is 0 Å². The van der Waals surface area contributed by atoms with Gasteiger partial charge in [-0.1, -0.05) is 163 Å². The number of carbonyl (C=O) groups excluding carboxylic acids is 2. The summed E-state index contributed by atoms with van der Waals surface area (Å²) in [7, 11) is 0. The molecule has 0 saturated heterocycles. The van der Waals surface area contributed by atoms with Crippen LogP contribution >= 0.6 is 0 Å².